The third-order valence-corrected chi connectivity index (χ3v) is 3.17. The molecule has 4 heteroatoms. The molecule has 2 aromatic carbocycles. The molecule has 0 fully saturated rings. The number of amides is 1. The van der Waals surface area contributed by atoms with Crippen molar-refractivity contribution in [3.63, 3.8) is 0 Å². The monoisotopic (exact) mass is 276 g/mol. The first-order chi connectivity index (χ1) is 10.3. The number of benzene rings is 2. The van der Waals surface area contributed by atoms with Crippen molar-refractivity contribution in [3.05, 3.63) is 72.1 Å². The van der Waals surface area contributed by atoms with E-state index in [1.165, 1.54) is 0 Å². The van der Waals surface area contributed by atoms with E-state index in [1.807, 2.05) is 30.3 Å². The third-order valence-electron chi connectivity index (χ3n) is 3.17. The summed E-state index contributed by atoms with van der Waals surface area (Å²) in [5.74, 6) is -0.296. The highest BCUT2D eigenvalue weighted by molar-refractivity contribution is 6.11. The normalized spacial score (nSPS) is 10.3. The lowest BCUT2D eigenvalue weighted by atomic mass is 10.1. The van der Waals surface area contributed by atoms with E-state index >= 15 is 0 Å². The van der Waals surface area contributed by atoms with Gasteiger partial charge in [-0.15, -0.1) is 0 Å². The summed E-state index contributed by atoms with van der Waals surface area (Å²) in [7, 11) is 0. The van der Waals surface area contributed by atoms with Crippen molar-refractivity contribution in [2.24, 2.45) is 0 Å². The summed E-state index contributed by atoms with van der Waals surface area (Å²) in [5.41, 5.74) is 1.45. The molecule has 0 radical (unpaired) electrons. The van der Waals surface area contributed by atoms with E-state index in [0.717, 1.165) is 17.1 Å². The van der Waals surface area contributed by atoms with E-state index in [1.54, 1.807) is 30.5 Å². The van der Waals surface area contributed by atoms with E-state index in [2.05, 4.69) is 10.3 Å². The summed E-state index contributed by atoms with van der Waals surface area (Å²) in [6.45, 7) is 0. The van der Waals surface area contributed by atoms with E-state index in [4.69, 9.17) is 0 Å². The minimum Gasteiger partial charge on any atom is -0.321 e. The lowest BCUT2D eigenvalue weighted by Crippen LogP contribution is -2.14. The van der Waals surface area contributed by atoms with Crippen LogP contribution in [-0.4, -0.2) is 17.2 Å². The Labute approximate surface area is 121 Å². The van der Waals surface area contributed by atoms with Crippen molar-refractivity contribution < 1.29 is 9.59 Å². The topological polar surface area (TPSA) is 59.1 Å². The molecule has 0 spiro atoms. The van der Waals surface area contributed by atoms with Crippen LogP contribution in [0, 0.1) is 0 Å². The zero-order valence-corrected chi connectivity index (χ0v) is 11.1. The van der Waals surface area contributed by atoms with E-state index < -0.39 is 0 Å². The molecule has 0 saturated carbocycles. The minimum atomic E-state index is -0.296. The SMILES string of the molecule is O=Cc1cccc(NC(=O)c2nccc3ccccc23)c1. The average Bonchev–Trinajstić information content (AvgIpc) is 2.54. The Kier molecular flexibility index (Phi) is 3.43. The predicted molar refractivity (Wildman–Crippen MR) is 81.5 cm³/mol. The van der Waals surface area contributed by atoms with Gasteiger partial charge in [-0.3, -0.25) is 14.6 Å². The highest BCUT2D eigenvalue weighted by Gasteiger charge is 2.11. The summed E-state index contributed by atoms with van der Waals surface area (Å²) < 4.78 is 0. The van der Waals surface area contributed by atoms with Gasteiger partial charge in [0.25, 0.3) is 5.91 Å². The number of pyridine rings is 1. The number of nitrogens with one attached hydrogen (secondary N) is 1. The van der Waals surface area contributed by atoms with Crippen LogP contribution in [0.4, 0.5) is 5.69 Å². The van der Waals surface area contributed by atoms with Crippen molar-refractivity contribution >= 4 is 28.7 Å². The average molecular weight is 276 g/mol. The van der Waals surface area contributed by atoms with Gasteiger partial charge >= 0.3 is 0 Å². The molecule has 3 rings (SSSR count). The second-order valence-electron chi connectivity index (χ2n) is 4.58. The summed E-state index contributed by atoms with van der Waals surface area (Å²) in [4.78, 5) is 27.3. The van der Waals surface area contributed by atoms with E-state index in [0.29, 0.717) is 16.9 Å². The van der Waals surface area contributed by atoms with Crippen LogP contribution in [0.3, 0.4) is 0 Å². The summed E-state index contributed by atoms with van der Waals surface area (Å²) >= 11 is 0. The second kappa shape index (κ2) is 5.54. The van der Waals surface area contributed by atoms with Crippen molar-refractivity contribution in [2.45, 2.75) is 0 Å². The van der Waals surface area contributed by atoms with Crippen LogP contribution in [0.25, 0.3) is 10.8 Å². The quantitative estimate of drug-likeness (QED) is 0.747. The number of hydrogen-bond acceptors (Lipinski definition) is 3. The van der Waals surface area contributed by atoms with Crippen LogP contribution in [0.5, 0.6) is 0 Å². The molecule has 0 unspecified atom stereocenters. The molecule has 1 N–H and O–H groups in total. The molecule has 102 valence electrons. The van der Waals surface area contributed by atoms with Crippen LogP contribution in [0.2, 0.25) is 0 Å². The fourth-order valence-corrected chi connectivity index (χ4v) is 2.18. The van der Waals surface area contributed by atoms with Crippen LogP contribution in [0.15, 0.2) is 60.8 Å². The molecular formula is C17H12N2O2. The third kappa shape index (κ3) is 2.65. The standard InChI is InChI=1S/C17H12N2O2/c20-11-12-4-3-6-14(10-12)19-17(21)16-15-7-2-1-5-13(15)8-9-18-16/h1-11H,(H,19,21). The first kappa shape index (κ1) is 13.0. The smallest absolute Gasteiger partial charge is 0.274 e. The molecule has 1 heterocycles. The van der Waals surface area contributed by atoms with Gasteiger partial charge in [0.1, 0.15) is 12.0 Å². The van der Waals surface area contributed by atoms with Crippen LogP contribution < -0.4 is 5.32 Å². The second-order valence-corrected chi connectivity index (χ2v) is 4.58. The maximum absolute atomic E-state index is 12.4. The van der Waals surface area contributed by atoms with E-state index in [-0.39, 0.29) is 5.91 Å². The lowest BCUT2D eigenvalue weighted by molar-refractivity contribution is 0.102. The maximum atomic E-state index is 12.4. The highest BCUT2D eigenvalue weighted by atomic mass is 16.1. The number of hydrogen-bond donors (Lipinski definition) is 1. The molecule has 21 heavy (non-hydrogen) atoms. The van der Waals surface area contributed by atoms with Gasteiger partial charge in [-0.25, -0.2) is 0 Å². The van der Waals surface area contributed by atoms with Crippen molar-refractivity contribution in [3.8, 4) is 0 Å². The summed E-state index contributed by atoms with van der Waals surface area (Å²) in [6, 6.07) is 16.2. The summed E-state index contributed by atoms with van der Waals surface area (Å²) in [6.07, 6.45) is 2.35. The van der Waals surface area contributed by atoms with Gasteiger partial charge in [-0.1, -0.05) is 36.4 Å². The minimum absolute atomic E-state index is 0.296. The number of aldehydes is 1. The van der Waals surface area contributed by atoms with Crippen molar-refractivity contribution in [1.82, 2.24) is 4.98 Å². The molecular weight excluding hydrogens is 264 g/mol. The van der Waals surface area contributed by atoms with Gasteiger partial charge in [-0.2, -0.15) is 0 Å². The van der Waals surface area contributed by atoms with Gasteiger partial charge in [-0.05, 0) is 23.6 Å². The number of fused-ring (bicyclic) bond motifs is 1. The fourth-order valence-electron chi connectivity index (χ4n) is 2.18. The van der Waals surface area contributed by atoms with Gasteiger partial charge in [0, 0.05) is 22.8 Å². The summed E-state index contributed by atoms with van der Waals surface area (Å²) in [5, 5.41) is 4.52. The van der Waals surface area contributed by atoms with Gasteiger partial charge in [0.05, 0.1) is 0 Å². The van der Waals surface area contributed by atoms with Crippen LogP contribution in [0.1, 0.15) is 20.8 Å². The zero-order chi connectivity index (χ0) is 14.7. The molecule has 4 nitrogen and oxygen atoms in total. The number of nitrogens with zero attached hydrogens (tertiary/aromatic N) is 1. The number of anilines is 1. The predicted octanol–water partition coefficient (Wildman–Crippen LogP) is 3.30. The molecule has 0 aliphatic heterocycles. The van der Waals surface area contributed by atoms with Crippen molar-refractivity contribution in [1.29, 1.82) is 0 Å². The molecule has 1 amide bonds. The van der Waals surface area contributed by atoms with Crippen LogP contribution >= 0.6 is 0 Å². The van der Waals surface area contributed by atoms with Gasteiger partial charge in [0.15, 0.2) is 0 Å². The Bertz CT molecular complexity index is 822. The molecule has 0 saturated heterocycles. The molecule has 0 atom stereocenters. The lowest BCUT2D eigenvalue weighted by Gasteiger charge is -2.07. The largest absolute Gasteiger partial charge is 0.321 e. The molecule has 0 aliphatic carbocycles. The van der Waals surface area contributed by atoms with Crippen LogP contribution in [-0.2, 0) is 0 Å². The Morgan fingerprint density at radius 1 is 1.05 bits per heavy atom. The van der Waals surface area contributed by atoms with E-state index in [9.17, 15) is 9.59 Å². The Balaban J connectivity index is 1.95. The number of aromatic nitrogens is 1. The van der Waals surface area contributed by atoms with Gasteiger partial charge < -0.3 is 5.32 Å². The molecule has 1 aromatic heterocycles. The Morgan fingerprint density at radius 2 is 1.90 bits per heavy atom. The first-order valence-electron chi connectivity index (χ1n) is 6.48. The Hall–Kier alpha value is -3.01. The molecule has 0 aliphatic rings. The zero-order valence-electron chi connectivity index (χ0n) is 11.1. The highest BCUT2D eigenvalue weighted by Crippen LogP contribution is 2.18. The number of carbonyl (C=O) groups excluding carboxylic acids is 2. The first-order valence-corrected chi connectivity index (χ1v) is 6.48. The fraction of sp³-hybridized carbons (Fsp3) is 0. The van der Waals surface area contributed by atoms with Crippen molar-refractivity contribution in [2.75, 3.05) is 5.32 Å². The molecule has 0 bridgehead atoms. The van der Waals surface area contributed by atoms with Gasteiger partial charge in [0.2, 0.25) is 0 Å². The number of carbonyl (C=O) groups is 2. The molecule has 3 aromatic rings. The maximum Gasteiger partial charge on any atom is 0.274 e. The Morgan fingerprint density at radius 3 is 2.76 bits per heavy atom. The number of rotatable bonds is 3.